The number of methoxy groups -OCH3 is 2. The lowest BCUT2D eigenvalue weighted by Crippen LogP contribution is -2.46. The van der Waals surface area contributed by atoms with Gasteiger partial charge in [0.1, 0.15) is 5.75 Å². The Morgan fingerprint density at radius 2 is 1.14 bits per heavy atom. The molecule has 0 spiro atoms. The summed E-state index contributed by atoms with van der Waals surface area (Å²) in [6, 6.07) is 12.9. The van der Waals surface area contributed by atoms with Crippen LogP contribution in [-0.4, -0.2) is 62.7 Å². The van der Waals surface area contributed by atoms with Crippen LogP contribution in [0.3, 0.4) is 0 Å². The Hall–Kier alpha value is -2.57. The number of nitrogens with zero attached hydrogens (tertiary/aromatic N) is 2. The van der Waals surface area contributed by atoms with E-state index in [1.165, 1.54) is 109 Å². The SMILES string of the molecule is CCCCCCCCCCCCCCCCCCN1CCN(Cc2ccccc2OC(=O)c2ccc(OC)c(OC)c2)CC1. The van der Waals surface area contributed by atoms with Gasteiger partial charge in [0.25, 0.3) is 0 Å². The van der Waals surface area contributed by atoms with E-state index >= 15 is 0 Å². The summed E-state index contributed by atoms with van der Waals surface area (Å²) >= 11 is 0. The lowest BCUT2D eigenvalue weighted by Gasteiger charge is -2.35. The predicted octanol–water partition coefficient (Wildman–Crippen LogP) is 9.30. The van der Waals surface area contributed by atoms with Crippen molar-refractivity contribution in [1.29, 1.82) is 0 Å². The minimum atomic E-state index is -0.401. The molecular weight excluding hydrogens is 548 g/mol. The fourth-order valence-electron chi connectivity index (χ4n) is 6.15. The number of benzene rings is 2. The smallest absolute Gasteiger partial charge is 0.343 e. The van der Waals surface area contributed by atoms with Crippen molar-refractivity contribution in [2.75, 3.05) is 46.9 Å². The molecule has 0 N–H and O–H groups in total. The van der Waals surface area contributed by atoms with Crippen molar-refractivity contribution in [3.05, 3.63) is 53.6 Å². The highest BCUT2D eigenvalue weighted by Crippen LogP contribution is 2.29. The Kier molecular flexibility index (Phi) is 18.0. The third-order valence-electron chi connectivity index (χ3n) is 8.98. The molecule has 0 saturated carbocycles. The third kappa shape index (κ3) is 13.6. The summed E-state index contributed by atoms with van der Waals surface area (Å²) in [5, 5.41) is 0. The van der Waals surface area contributed by atoms with E-state index in [1.807, 2.05) is 18.2 Å². The Balaban J connectivity index is 1.23. The first kappa shape index (κ1) is 35.9. The standard InChI is InChI=1S/C38H60N2O4/c1-4-5-6-7-8-9-10-11-12-13-14-15-16-17-18-21-26-39-27-29-40(30-28-39)32-34-22-19-20-23-35(34)44-38(41)33-24-25-36(42-2)37(31-33)43-3/h19-20,22-25,31H,4-18,21,26-30,32H2,1-3H3. The maximum atomic E-state index is 12.9. The molecule has 2 aromatic rings. The maximum absolute atomic E-state index is 12.9. The Labute approximate surface area is 268 Å². The van der Waals surface area contributed by atoms with Crippen molar-refractivity contribution in [2.24, 2.45) is 0 Å². The second kappa shape index (κ2) is 22.0. The van der Waals surface area contributed by atoms with Gasteiger partial charge < -0.3 is 19.1 Å². The van der Waals surface area contributed by atoms with Crippen molar-refractivity contribution in [1.82, 2.24) is 9.80 Å². The summed E-state index contributed by atoms with van der Waals surface area (Å²) in [5.74, 6) is 1.30. The highest BCUT2D eigenvalue weighted by molar-refractivity contribution is 5.92. The number of esters is 1. The molecule has 0 atom stereocenters. The molecule has 0 aliphatic carbocycles. The van der Waals surface area contributed by atoms with E-state index in [1.54, 1.807) is 32.4 Å². The molecule has 246 valence electrons. The lowest BCUT2D eigenvalue weighted by atomic mass is 10.0. The van der Waals surface area contributed by atoms with Gasteiger partial charge in [0.2, 0.25) is 0 Å². The summed E-state index contributed by atoms with van der Waals surface area (Å²) < 4.78 is 16.5. The third-order valence-corrected chi connectivity index (χ3v) is 8.98. The van der Waals surface area contributed by atoms with Gasteiger partial charge in [-0.25, -0.2) is 4.79 Å². The molecule has 6 nitrogen and oxygen atoms in total. The topological polar surface area (TPSA) is 51.2 Å². The van der Waals surface area contributed by atoms with Gasteiger partial charge in [0, 0.05) is 38.3 Å². The number of hydrogen-bond acceptors (Lipinski definition) is 6. The molecule has 1 aliphatic rings. The fraction of sp³-hybridized carbons (Fsp3) is 0.658. The molecule has 1 fully saturated rings. The van der Waals surface area contributed by atoms with E-state index in [9.17, 15) is 4.79 Å². The van der Waals surface area contributed by atoms with Crippen LogP contribution in [-0.2, 0) is 6.54 Å². The molecule has 3 rings (SSSR count). The number of piperazine rings is 1. The van der Waals surface area contributed by atoms with E-state index in [0.717, 1.165) is 38.3 Å². The molecule has 0 radical (unpaired) electrons. The molecule has 1 aliphatic heterocycles. The lowest BCUT2D eigenvalue weighted by molar-refractivity contribution is 0.0728. The van der Waals surface area contributed by atoms with Gasteiger partial charge in [-0.15, -0.1) is 0 Å². The number of carbonyl (C=O) groups is 1. The van der Waals surface area contributed by atoms with E-state index in [0.29, 0.717) is 22.8 Å². The molecule has 6 heteroatoms. The van der Waals surface area contributed by atoms with Crippen molar-refractivity contribution in [3.8, 4) is 17.2 Å². The molecule has 0 unspecified atom stereocenters. The summed E-state index contributed by atoms with van der Waals surface area (Å²) in [7, 11) is 3.14. The molecule has 44 heavy (non-hydrogen) atoms. The van der Waals surface area contributed by atoms with Crippen LogP contribution in [0.4, 0.5) is 0 Å². The monoisotopic (exact) mass is 608 g/mol. The van der Waals surface area contributed by atoms with Gasteiger partial charge >= 0.3 is 5.97 Å². The quantitative estimate of drug-likeness (QED) is 0.0712. The van der Waals surface area contributed by atoms with Crippen molar-refractivity contribution in [2.45, 2.75) is 116 Å². The number of hydrogen-bond donors (Lipinski definition) is 0. The number of ether oxygens (including phenoxy) is 3. The number of carbonyl (C=O) groups excluding carboxylic acids is 1. The summed E-state index contributed by atoms with van der Waals surface area (Å²) in [5.41, 5.74) is 1.47. The van der Waals surface area contributed by atoms with E-state index < -0.39 is 5.97 Å². The van der Waals surface area contributed by atoms with Crippen molar-refractivity contribution in [3.63, 3.8) is 0 Å². The number of unbranched alkanes of at least 4 members (excludes halogenated alkanes) is 15. The molecule has 0 bridgehead atoms. The van der Waals surface area contributed by atoms with Crippen molar-refractivity contribution >= 4 is 5.97 Å². The van der Waals surface area contributed by atoms with Crippen LogP contribution in [0.25, 0.3) is 0 Å². The van der Waals surface area contributed by atoms with Gasteiger partial charge in [0.05, 0.1) is 19.8 Å². The van der Waals surface area contributed by atoms with Gasteiger partial charge in [-0.3, -0.25) is 4.90 Å². The van der Waals surface area contributed by atoms with Gasteiger partial charge in [0.15, 0.2) is 11.5 Å². The average molecular weight is 609 g/mol. The first-order valence-corrected chi connectivity index (χ1v) is 17.6. The van der Waals surface area contributed by atoms with Gasteiger partial charge in [-0.2, -0.15) is 0 Å². The van der Waals surface area contributed by atoms with Crippen LogP contribution in [0, 0.1) is 0 Å². The van der Waals surface area contributed by atoms with Crippen molar-refractivity contribution < 1.29 is 19.0 Å². The van der Waals surface area contributed by atoms with Crippen LogP contribution in [0.5, 0.6) is 17.2 Å². The van der Waals surface area contributed by atoms with E-state index in [4.69, 9.17) is 14.2 Å². The molecule has 0 amide bonds. The van der Waals surface area contributed by atoms with Crippen LogP contribution in [0.1, 0.15) is 126 Å². The van der Waals surface area contributed by atoms with Gasteiger partial charge in [-0.1, -0.05) is 121 Å². The van der Waals surface area contributed by atoms with Crippen LogP contribution in [0.2, 0.25) is 0 Å². The Morgan fingerprint density at radius 3 is 1.70 bits per heavy atom. The van der Waals surface area contributed by atoms with Crippen LogP contribution >= 0.6 is 0 Å². The van der Waals surface area contributed by atoms with Gasteiger partial charge in [-0.05, 0) is 37.2 Å². The zero-order valence-corrected chi connectivity index (χ0v) is 28.1. The van der Waals surface area contributed by atoms with E-state index in [2.05, 4.69) is 22.8 Å². The molecule has 1 heterocycles. The molecule has 2 aromatic carbocycles. The fourth-order valence-corrected chi connectivity index (χ4v) is 6.15. The zero-order chi connectivity index (χ0) is 31.2. The largest absolute Gasteiger partial charge is 0.493 e. The first-order valence-electron chi connectivity index (χ1n) is 17.6. The minimum Gasteiger partial charge on any atom is -0.493 e. The minimum absolute atomic E-state index is 0.401. The molecule has 1 saturated heterocycles. The zero-order valence-electron chi connectivity index (χ0n) is 28.1. The summed E-state index contributed by atoms with van der Waals surface area (Å²) in [4.78, 5) is 18.0. The predicted molar refractivity (Wildman–Crippen MR) is 182 cm³/mol. The maximum Gasteiger partial charge on any atom is 0.343 e. The first-order chi connectivity index (χ1) is 21.6. The van der Waals surface area contributed by atoms with Crippen LogP contribution in [0.15, 0.2) is 42.5 Å². The second-order valence-corrected chi connectivity index (χ2v) is 12.5. The summed E-state index contributed by atoms with van der Waals surface area (Å²) in [6.07, 6.45) is 22.6. The highest BCUT2D eigenvalue weighted by Gasteiger charge is 2.19. The molecular formula is C38H60N2O4. The van der Waals surface area contributed by atoms with Crippen LogP contribution < -0.4 is 14.2 Å². The number of para-hydroxylation sites is 1. The number of rotatable bonds is 23. The van der Waals surface area contributed by atoms with E-state index in [-0.39, 0.29) is 0 Å². The Bertz CT molecular complexity index is 1050. The summed E-state index contributed by atoms with van der Waals surface area (Å²) in [6.45, 7) is 8.57. The Morgan fingerprint density at radius 1 is 0.614 bits per heavy atom. The normalized spacial score (nSPS) is 14.1. The highest BCUT2D eigenvalue weighted by atomic mass is 16.5. The average Bonchev–Trinajstić information content (AvgIpc) is 3.05. The second-order valence-electron chi connectivity index (χ2n) is 12.5. The molecule has 0 aromatic heterocycles.